The number of halogens is 1. The van der Waals surface area contributed by atoms with Crippen LogP contribution in [0.5, 0.6) is 0 Å². The normalized spacial score (nSPS) is 11.4. The van der Waals surface area contributed by atoms with Gasteiger partial charge in [-0.25, -0.2) is 0 Å². The third-order valence-electron chi connectivity index (χ3n) is 2.08. The van der Waals surface area contributed by atoms with Gasteiger partial charge in [-0.15, -0.1) is 0 Å². The highest BCUT2D eigenvalue weighted by Crippen LogP contribution is 2.29. The standard InChI is InChI=1S/C11H11BrO/c1-7(2)10-6-8-4-3-5-9(12)11(8)13-10/h3-7H,1-2H3. The summed E-state index contributed by atoms with van der Waals surface area (Å²) in [7, 11) is 0. The molecular weight excluding hydrogens is 228 g/mol. The maximum atomic E-state index is 5.71. The Morgan fingerprint density at radius 1 is 1.31 bits per heavy atom. The maximum absolute atomic E-state index is 5.71. The van der Waals surface area contributed by atoms with E-state index in [4.69, 9.17) is 4.42 Å². The number of benzene rings is 1. The molecule has 0 unspecified atom stereocenters. The molecule has 0 radical (unpaired) electrons. The molecule has 2 rings (SSSR count). The van der Waals surface area contributed by atoms with Gasteiger partial charge in [0.15, 0.2) is 0 Å². The molecule has 1 aromatic carbocycles. The molecule has 2 heteroatoms. The van der Waals surface area contributed by atoms with Crippen molar-refractivity contribution in [2.24, 2.45) is 0 Å². The van der Waals surface area contributed by atoms with Crippen LogP contribution < -0.4 is 0 Å². The van der Waals surface area contributed by atoms with Crippen LogP contribution in [0, 0.1) is 0 Å². The highest BCUT2D eigenvalue weighted by atomic mass is 79.9. The molecular formula is C11H11BrO. The summed E-state index contributed by atoms with van der Waals surface area (Å²) in [5.74, 6) is 1.49. The number of rotatable bonds is 1. The number of para-hydroxylation sites is 1. The smallest absolute Gasteiger partial charge is 0.148 e. The van der Waals surface area contributed by atoms with Gasteiger partial charge in [-0.3, -0.25) is 0 Å². The van der Waals surface area contributed by atoms with Crippen LogP contribution in [0.4, 0.5) is 0 Å². The Bertz CT molecular complexity index is 429. The van der Waals surface area contributed by atoms with Crippen LogP contribution in [0.3, 0.4) is 0 Å². The summed E-state index contributed by atoms with van der Waals surface area (Å²) < 4.78 is 6.74. The van der Waals surface area contributed by atoms with Gasteiger partial charge in [0, 0.05) is 11.3 Å². The van der Waals surface area contributed by atoms with Gasteiger partial charge in [0.2, 0.25) is 0 Å². The van der Waals surface area contributed by atoms with E-state index in [0.29, 0.717) is 5.92 Å². The highest BCUT2D eigenvalue weighted by Gasteiger charge is 2.08. The first-order valence-electron chi connectivity index (χ1n) is 4.36. The second-order valence-corrected chi connectivity index (χ2v) is 4.32. The molecule has 0 fully saturated rings. The van der Waals surface area contributed by atoms with E-state index in [9.17, 15) is 0 Å². The van der Waals surface area contributed by atoms with Gasteiger partial charge in [-0.1, -0.05) is 26.0 Å². The second-order valence-electron chi connectivity index (χ2n) is 3.46. The summed E-state index contributed by atoms with van der Waals surface area (Å²) in [6.07, 6.45) is 0. The van der Waals surface area contributed by atoms with Gasteiger partial charge < -0.3 is 4.42 Å². The SMILES string of the molecule is CC(C)c1cc2cccc(Br)c2o1. The van der Waals surface area contributed by atoms with E-state index in [1.54, 1.807) is 0 Å². The monoisotopic (exact) mass is 238 g/mol. The van der Waals surface area contributed by atoms with E-state index in [1.165, 1.54) is 0 Å². The van der Waals surface area contributed by atoms with E-state index in [0.717, 1.165) is 21.2 Å². The molecule has 0 amide bonds. The van der Waals surface area contributed by atoms with Crippen molar-refractivity contribution in [3.8, 4) is 0 Å². The molecule has 2 aromatic rings. The molecule has 0 saturated heterocycles. The summed E-state index contributed by atoms with van der Waals surface area (Å²) in [4.78, 5) is 0. The van der Waals surface area contributed by atoms with Crippen LogP contribution >= 0.6 is 15.9 Å². The Labute approximate surface area is 85.9 Å². The first-order chi connectivity index (χ1) is 6.18. The van der Waals surface area contributed by atoms with Crippen molar-refractivity contribution in [3.63, 3.8) is 0 Å². The Morgan fingerprint density at radius 2 is 2.08 bits per heavy atom. The number of fused-ring (bicyclic) bond motifs is 1. The average molecular weight is 239 g/mol. The molecule has 0 atom stereocenters. The summed E-state index contributed by atoms with van der Waals surface area (Å²) in [6.45, 7) is 4.26. The Balaban J connectivity index is 2.68. The minimum Gasteiger partial charge on any atom is -0.460 e. The summed E-state index contributed by atoms with van der Waals surface area (Å²) >= 11 is 3.47. The molecule has 0 N–H and O–H groups in total. The first-order valence-corrected chi connectivity index (χ1v) is 5.15. The van der Waals surface area contributed by atoms with E-state index in [2.05, 4.69) is 41.9 Å². The van der Waals surface area contributed by atoms with Crippen LogP contribution in [0.25, 0.3) is 11.0 Å². The van der Waals surface area contributed by atoms with Gasteiger partial charge in [0.05, 0.1) is 4.47 Å². The van der Waals surface area contributed by atoms with E-state index in [1.807, 2.05) is 12.1 Å². The predicted octanol–water partition coefficient (Wildman–Crippen LogP) is 4.32. The molecule has 1 nitrogen and oxygen atoms in total. The van der Waals surface area contributed by atoms with E-state index < -0.39 is 0 Å². The van der Waals surface area contributed by atoms with Crippen molar-refractivity contribution in [1.82, 2.24) is 0 Å². The fourth-order valence-corrected chi connectivity index (χ4v) is 1.79. The second kappa shape index (κ2) is 3.18. The zero-order valence-electron chi connectivity index (χ0n) is 7.67. The van der Waals surface area contributed by atoms with Crippen molar-refractivity contribution in [3.05, 3.63) is 34.5 Å². The maximum Gasteiger partial charge on any atom is 0.148 e. The van der Waals surface area contributed by atoms with Crippen LogP contribution in [-0.2, 0) is 0 Å². The van der Waals surface area contributed by atoms with Crippen LogP contribution in [-0.4, -0.2) is 0 Å². The molecule has 0 bridgehead atoms. The number of furan rings is 1. The third kappa shape index (κ3) is 1.51. The van der Waals surface area contributed by atoms with Gasteiger partial charge in [-0.05, 0) is 28.1 Å². The number of hydrogen-bond donors (Lipinski definition) is 0. The Hall–Kier alpha value is -0.760. The zero-order valence-corrected chi connectivity index (χ0v) is 9.26. The molecule has 0 aliphatic carbocycles. The van der Waals surface area contributed by atoms with E-state index in [-0.39, 0.29) is 0 Å². The van der Waals surface area contributed by atoms with Crippen molar-refractivity contribution >= 4 is 26.9 Å². The lowest BCUT2D eigenvalue weighted by Gasteiger charge is -1.96. The fourth-order valence-electron chi connectivity index (χ4n) is 1.33. The van der Waals surface area contributed by atoms with Gasteiger partial charge in [0.1, 0.15) is 11.3 Å². The minimum atomic E-state index is 0.444. The molecule has 1 aromatic heterocycles. The van der Waals surface area contributed by atoms with Gasteiger partial charge in [-0.2, -0.15) is 0 Å². The predicted molar refractivity (Wildman–Crippen MR) is 58.0 cm³/mol. The molecule has 0 aliphatic heterocycles. The molecule has 0 saturated carbocycles. The Morgan fingerprint density at radius 3 is 2.69 bits per heavy atom. The third-order valence-corrected chi connectivity index (χ3v) is 2.71. The van der Waals surface area contributed by atoms with Crippen molar-refractivity contribution in [2.45, 2.75) is 19.8 Å². The lowest BCUT2D eigenvalue weighted by atomic mass is 10.1. The van der Waals surface area contributed by atoms with Crippen molar-refractivity contribution in [2.75, 3.05) is 0 Å². The fraction of sp³-hybridized carbons (Fsp3) is 0.273. The topological polar surface area (TPSA) is 13.1 Å². The zero-order chi connectivity index (χ0) is 9.42. The highest BCUT2D eigenvalue weighted by molar-refractivity contribution is 9.10. The summed E-state index contributed by atoms with van der Waals surface area (Å²) in [5, 5.41) is 1.16. The van der Waals surface area contributed by atoms with Crippen LogP contribution in [0.1, 0.15) is 25.5 Å². The molecule has 1 heterocycles. The van der Waals surface area contributed by atoms with Crippen LogP contribution in [0.15, 0.2) is 33.2 Å². The van der Waals surface area contributed by atoms with Crippen LogP contribution in [0.2, 0.25) is 0 Å². The average Bonchev–Trinajstić information content (AvgIpc) is 2.49. The van der Waals surface area contributed by atoms with Crippen molar-refractivity contribution in [1.29, 1.82) is 0 Å². The molecule has 68 valence electrons. The van der Waals surface area contributed by atoms with Crippen molar-refractivity contribution < 1.29 is 4.42 Å². The molecule has 0 aliphatic rings. The largest absolute Gasteiger partial charge is 0.460 e. The van der Waals surface area contributed by atoms with E-state index >= 15 is 0 Å². The molecule has 13 heavy (non-hydrogen) atoms. The summed E-state index contributed by atoms with van der Waals surface area (Å²) in [6, 6.07) is 8.18. The van der Waals surface area contributed by atoms with Gasteiger partial charge >= 0.3 is 0 Å². The quantitative estimate of drug-likeness (QED) is 0.722. The Kier molecular flexibility index (Phi) is 2.16. The molecule has 0 spiro atoms. The van der Waals surface area contributed by atoms with Gasteiger partial charge in [0.25, 0.3) is 0 Å². The summed E-state index contributed by atoms with van der Waals surface area (Å²) in [5.41, 5.74) is 0.950. The minimum absolute atomic E-state index is 0.444. The lowest BCUT2D eigenvalue weighted by Crippen LogP contribution is -1.79. The first kappa shape index (κ1) is 8.82. The number of hydrogen-bond acceptors (Lipinski definition) is 1. The lowest BCUT2D eigenvalue weighted by molar-refractivity contribution is 0.520.